The molecule has 16 heavy (non-hydrogen) atoms. The zero-order valence-corrected chi connectivity index (χ0v) is 8.75. The van der Waals surface area contributed by atoms with Crippen LogP contribution in [0, 0.1) is 0 Å². The van der Waals surface area contributed by atoms with Crippen LogP contribution in [0.4, 0.5) is 5.69 Å². The molecule has 0 saturated heterocycles. The highest BCUT2D eigenvalue weighted by atomic mass is 16.2. The summed E-state index contributed by atoms with van der Waals surface area (Å²) in [4.78, 5) is 22.9. The van der Waals surface area contributed by atoms with Crippen LogP contribution < -0.4 is 10.7 Å². The van der Waals surface area contributed by atoms with Crippen molar-refractivity contribution in [1.82, 2.24) is 0 Å². The third kappa shape index (κ3) is 1.61. The van der Waals surface area contributed by atoms with Crippen LogP contribution in [0.5, 0.6) is 0 Å². The van der Waals surface area contributed by atoms with Crippen molar-refractivity contribution in [3.63, 3.8) is 0 Å². The van der Waals surface area contributed by atoms with Crippen LogP contribution in [-0.4, -0.2) is 23.4 Å². The number of nitrogens with two attached hydrogens (primary N) is 1. The lowest BCUT2D eigenvalue weighted by Crippen LogP contribution is -2.41. The number of rotatable bonds is 2. The largest absolute Gasteiger partial charge is 0.315 e. The predicted octanol–water partition coefficient (Wildman–Crippen LogP) is 0.306. The first-order valence-electron chi connectivity index (χ1n) is 4.85. The molecule has 1 aliphatic rings. The van der Waals surface area contributed by atoms with E-state index in [1.165, 1.54) is 11.9 Å². The Hall–Kier alpha value is -2.01. The summed E-state index contributed by atoms with van der Waals surface area (Å²) >= 11 is 0. The molecule has 0 aliphatic carbocycles. The van der Waals surface area contributed by atoms with Gasteiger partial charge < -0.3 is 5.73 Å². The molecule has 5 heteroatoms. The summed E-state index contributed by atoms with van der Waals surface area (Å²) in [6.45, 7) is 1.35. The lowest BCUT2D eigenvalue weighted by Gasteiger charge is -2.11. The third-order valence-electron chi connectivity index (χ3n) is 2.34. The molecule has 0 bridgehead atoms. The molecule has 0 spiro atoms. The Morgan fingerprint density at radius 2 is 2.00 bits per heavy atom. The second-order valence-corrected chi connectivity index (χ2v) is 3.50. The van der Waals surface area contributed by atoms with Gasteiger partial charge in [-0.05, 0) is 12.1 Å². The van der Waals surface area contributed by atoms with Crippen molar-refractivity contribution >= 4 is 23.1 Å². The fraction of sp³-hybridized carbons (Fsp3) is 0.182. The highest BCUT2D eigenvalue weighted by Gasteiger charge is 2.35. The molecule has 1 heterocycles. The average molecular weight is 217 g/mol. The van der Waals surface area contributed by atoms with Gasteiger partial charge in [0, 0.05) is 6.92 Å². The van der Waals surface area contributed by atoms with Crippen molar-refractivity contribution < 1.29 is 9.59 Å². The minimum atomic E-state index is -0.947. The van der Waals surface area contributed by atoms with Gasteiger partial charge in [0.25, 0.3) is 5.91 Å². The van der Waals surface area contributed by atoms with Crippen LogP contribution in [0.1, 0.15) is 6.92 Å². The number of Topliss-reactive ketones (excluding diaryl/α,β-unsaturated/α-hetero) is 1. The van der Waals surface area contributed by atoms with Gasteiger partial charge in [0.05, 0.1) is 5.69 Å². The number of anilines is 1. The maximum Gasteiger partial charge on any atom is 0.270 e. The number of nitrogens with zero attached hydrogens (tertiary/aromatic N) is 2. The van der Waals surface area contributed by atoms with Gasteiger partial charge in [0.15, 0.2) is 5.78 Å². The first kappa shape index (κ1) is 10.5. The molecule has 5 nitrogen and oxygen atoms in total. The topological polar surface area (TPSA) is 75.8 Å². The summed E-state index contributed by atoms with van der Waals surface area (Å²) in [6, 6.07) is 7.93. The minimum absolute atomic E-state index is 0.105. The van der Waals surface area contributed by atoms with Gasteiger partial charge in [0.2, 0.25) is 0 Å². The van der Waals surface area contributed by atoms with Crippen molar-refractivity contribution in [2.75, 3.05) is 5.01 Å². The second kappa shape index (κ2) is 3.86. The first-order valence-corrected chi connectivity index (χ1v) is 4.85. The van der Waals surface area contributed by atoms with Crippen molar-refractivity contribution in [2.24, 2.45) is 10.8 Å². The lowest BCUT2D eigenvalue weighted by molar-refractivity contribution is -0.118. The van der Waals surface area contributed by atoms with E-state index in [9.17, 15) is 9.59 Å². The minimum Gasteiger partial charge on any atom is -0.315 e. The molecular weight excluding hydrogens is 206 g/mol. The predicted molar refractivity (Wildman–Crippen MR) is 60.0 cm³/mol. The molecule has 1 aromatic rings. The van der Waals surface area contributed by atoms with E-state index in [1.807, 2.05) is 6.07 Å². The maximum absolute atomic E-state index is 11.8. The Kier molecular flexibility index (Phi) is 2.54. The standard InChI is InChI=1S/C11H11N3O2/c1-7(15)10-9(12)11(16)14(13-10)8-5-3-2-4-6-8/h2-6,9H,12H2,1H3. The second-order valence-electron chi connectivity index (χ2n) is 3.50. The van der Waals surface area contributed by atoms with E-state index < -0.39 is 6.04 Å². The molecule has 2 rings (SSSR count). The van der Waals surface area contributed by atoms with Gasteiger partial charge in [-0.25, -0.2) is 0 Å². The van der Waals surface area contributed by atoms with Gasteiger partial charge in [-0.15, -0.1) is 0 Å². The average Bonchev–Trinajstić information content (AvgIpc) is 2.58. The fourth-order valence-corrected chi connectivity index (χ4v) is 1.51. The smallest absolute Gasteiger partial charge is 0.270 e. The lowest BCUT2D eigenvalue weighted by atomic mass is 10.1. The van der Waals surface area contributed by atoms with E-state index in [2.05, 4.69) is 5.10 Å². The van der Waals surface area contributed by atoms with E-state index in [0.29, 0.717) is 5.69 Å². The van der Waals surface area contributed by atoms with Gasteiger partial charge in [-0.3, -0.25) is 9.59 Å². The van der Waals surface area contributed by atoms with Gasteiger partial charge >= 0.3 is 0 Å². The Balaban J connectivity index is 2.38. The van der Waals surface area contributed by atoms with Crippen molar-refractivity contribution in [1.29, 1.82) is 0 Å². The van der Waals surface area contributed by atoms with Gasteiger partial charge in [-0.2, -0.15) is 10.1 Å². The monoisotopic (exact) mass is 217 g/mol. The zero-order valence-electron chi connectivity index (χ0n) is 8.75. The Morgan fingerprint density at radius 1 is 1.38 bits per heavy atom. The number of para-hydroxylation sites is 1. The number of benzene rings is 1. The number of amides is 1. The van der Waals surface area contributed by atoms with Crippen LogP contribution in [0.3, 0.4) is 0 Å². The number of carbonyl (C=O) groups is 2. The van der Waals surface area contributed by atoms with Crippen LogP contribution >= 0.6 is 0 Å². The summed E-state index contributed by atoms with van der Waals surface area (Å²) in [5, 5.41) is 5.11. The van der Waals surface area contributed by atoms with Crippen LogP contribution in [0.25, 0.3) is 0 Å². The summed E-state index contributed by atoms with van der Waals surface area (Å²) in [5.74, 6) is -0.657. The van der Waals surface area contributed by atoms with E-state index in [4.69, 9.17) is 5.73 Å². The molecule has 0 radical (unpaired) electrons. The Labute approximate surface area is 92.5 Å². The number of hydrogen-bond acceptors (Lipinski definition) is 4. The SMILES string of the molecule is CC(=O)C1=NN(c2ccccc2)C(=O)C1N. The van der Waals surface area contributed by atoms with Crippen LogP contribution in [0.15, 0.2) is 35.4 Å². The highest BCUT2D eigenvalue weighted by molar-refractivity contribution is 6.47. The number of ketones is 1. The summed E-state index contributed by atoms with van der Waals surface area (Å²) < 4.78 is 0. The van der Waals surface area contributed by atoms with E-state index in [1.54, 1.807) is 24.3 Å². The third-order valence-corrected chi connectivity index (χ3v) is 2.34. The van der Waals surface area contributed by atoms with Crippen LogP contribution in [-0.2, 0) is 9.59 Å². The Bertz CT molecular complexity index is 467. The maximum atomic E-state index is 11.8. The summed E-state index contributed by atoms with van der Waals surface area (Å²) in [6.07, 6.45) is 0. The van der Waals surface area contributed by atoms with E-state index >= 15 is 0 Å². The summed E-state index contributed by atoms with van der Waals surface area (Å²) in [5.41, 5.74) is 6.32. The van der Waals surface area contributed by atoms with Crippen molar-refractivity contribution in [3.8, 4) is 0 Å². The quantitative estimate of drug-likeness (QED) is 0.774. The van der Waals surface area contributed by atoms with Crippen molar-refractivity contribution in [3.05, 3.63) is 30.3 Å². The van der Waals surface area contributed by atoms with Gasteiger partial charge in [-0.1, -0.05) is 18.2 Å². The number of carbonyl (C=O) groups excluding carboxylic acids is 2. The first-order chi connectivity index (χ1) is 7.61. The normalized spacial score (nSPS) is 19.9. The molecule has 1 aromatic carbocycles. The highest BCUT2D eigenvalue weighted by Crippen LogP contribution is 2.19. The molecule has 0 saturated carbocycles. The fourth-order valence-electron chi connectivity index (χ4n) is 1.51. The number of hydrogen-bond donors (Lipinski definition) is 1. The molecule has 82 valence electrons. The zero-order chi connectivity index (χ0) is 11.7. The molecule has 1 unspecified atom stereocenters. The van der Waals surface area contributed by atoms with E-state index in [-0.39, 0.29) is 17.4 Å². The molecule has 1 amide bonds. The summed E-state index contributed by atoms with van der Waals surface area (Å²) in [7, 11) is 0. The Morgan fingerprint density at radius 3 is 2.50 bits per heavy atom. The molecule has 1 atom stereocenters. The van der Waals surface area contributed by atoms with E-state index in [0.717, 1.165) is 0 Å². The molecule has 2 N–H and O–H groups in total. The molecular formula is C11H11N3O2. The van der Waals surface area contributed by atoms with Crippen molar-refractivity contribution in [2.45, 2.75) is 13.0 Å². The number of hydrazone groups is 1. The van der Waals surface area contributed by atoms with Crippen LogP contribution in [0.2, 0.25) is 0 Å². The molecule has 0 fully saturated rings. The molecule has 1 aliphatic heterocycles. The molecule has 0 aromatic heterocycles. The van der Waals surface area contributed by atoms with Gasteiger partial charge in [0.1, 0.15) is 11.8 Å².